The molecule has 0 spiro atoms. The molecule has 0 saturated carbocycles. The van der Waals surface area contributed by atoms with Crippen LogP contribution in [0.15, 0.2) is 28.7 Å². The first kappa shape index (κ1) is 18.1. The molecule has 1 aliphatic heterocycles. The van der Waals surface area contributed by atoms with Crippen molar-refractivity contribution in [2.75, 3.05) is 24.6 Å². The fraction of sp³-hybridized carbons (Fsp3) is 0.474. The van der Waals surface area contributed by atoms with Crippen LogP contribution >= 0.6 is 0 Å². The van der Waals surface area contributed by atoms with Crippen LogP contribution in [-0.4, -0.2) is 36.9 Å². The van der Waals surface area contributed by atoms with Gasteiger partial charge in [-0.1, -0.05) is 0 Å². The lowest BCUT2D eigenvalue weighted by Crippen LogP contribution is -2.45. The third-order valence-corrected chi connectivity index (χ3v) is 3.96. The first-order valence-electron chi connectivity index (χ1n) is 8.75. The van der Waals surface area contributed by atoms with Crippen molar-refractivity contribution in [1.29, 1.82) is 5.26 Å². The van der Waals surface area contributed by atoms with Crippen LogP contribution in [0, 0.1) is 11.3 Å². The van der Waals surface area contributed by atoms with E-state index in [0.717, 1.165) is 5.75 Å². The Kier molecular flexibility index (Phi) is 5.64. The third kappa shape index (κ3) is 4.27. The minimum Gasteiger partial charge on any atom is -0.494 e. The predicted octanol–water partition coefficient (Wildman–Crippen LogP) is 3.14. The Bertz CT molecular complexity index is 756. The highest BCUT2D eigenvalue weighted by Gasteiger charge is 2.28. The van der Waals surface area contributed by atoms with E-state index in [2.05, 4.69) is 11.1 Å². The summed E-state index contributed by atoms with van der Waals surface area (Å²) in [7, 11) is 0. The predicted molar refractivity (Wildman–Crippen MR) is 95.4 cm³/mol. The molecule has 0 bridgehead atoms. The summed E-state index contributed by atoms with van der Waals surface area (Å²) >= 11 is 0. The molecule has 2 atom stereocenters. The van der Waals surface area contributed by atoms with Gasteiger partial charge in [0.05, 0.1) is 18.8 Å². The zero-order valence-electron chi connectivity index (χ0n) is 15.3. The van der Waals surface area contributed by atoms with Gasteiger partial charge < -0.3 is 23.5 Å². The zero-order valence-corrected chi connectivity index (χ0v) is 15.3. The van der Waals surface area contributed by atoms with Crippen molar-refractivity contribution < 1.29 is 18.6 Å². The second-order valence-corrected chi connectivity index (χ2v) is 6.23. The number of ether oxygens (including phenoxy) is 3. The van der Waals surface area contributed by atoms with Gasteiger partial charge in [0.25, 0.3) is 0 Å². The number of nitrogens with zero attached hydrogens (tertiary/aromatic N) is 3. The minimum atomic E-state index is 0.0685. The van der Waals surface area contributed by atoms with E-state index in [1.165, 1.54) is 0 Å². The van der Waals surface area contributed by atoms with Gasteiger partial charge in [-0.15, -0.1) is 0 Å². The SMILES string of the molecule is CCOc1ccc(OCc2nc(C#N)c(N3CC(C)OC(C)C3)o2)cc1. The van der Waals surface area contributed by atoms with E-state index in [1.54, 1.807) is 0 Å². The number of anilines is 1. The quantitative estimate of drug-likeness (QED) is 0.785. The molecular weight excluding hydrogens is 334 g/mol. The highest BCUT2D eigenvalue weighted by Crippen LogP contribution is 2.26. The molecule has 0 aliphatic carbocycles. The summed E-state index contributed by atoms with van der Waals surface area (Å²) in [5, 5.41) is 9.38. The molecular formula is C19H23N3O4. The van der Waals surface area contributed by atoms with Crippen molar-refractivity contribution in [2.24, 2.45) is 0 Å². The lowest BCUT2D eigenvalue weighted by molar-refractivity contribution is -0.00651. The van der Waals surface area contributed by atoms with Crippen LogP contribution in [0.3, 0.4) is 0 Å². The van der Waals surface area contributed by atoms with Gasteiger partial charge in [-0.05, 0) is 45.0 Å². The fourth-order valence-corrected chi connectivity index (χ4v) is 2.99. The Morgan fingerprint density at radius 3 is 2.35 bits per heavy atom. The van der Waals surface area contributed by atoms with E-state index in [9.17, 15) is 5.26 Å². The summed E-state index contributed by atoms with van der Waals surface area (Å²) in [6.45, 7) is 8.03. The average Bonchev–Trinajstić information content (AvgIpc) is 3.04. The number of morpholine rings is 1. The van der Waals surface area contributed by atoms with Gasteiger partial charge in [-0.2, -0.15) is 10.2 Å². The Morgan fingerprint density at radius 2 is 1.77 bits per heavy atom. The molecule has 0 amide bonds. The third-order valence-electron chi connectivity index (χ3n) is 3.96. The van der Waals surface area contributed by atoms with Gasteiger partial charge in [0, 0.05) is 13.1 Å². The standard InChI is InChI=1S/C19H23N3O4/c1-4-23-15-5-7-16(8-6-15)24-12-18-21-17(9-20)19(26-18)22-10-13(2)25-14(3)11-22/h5-8,13-14H,4,10-12H2,1-3H3. The van der Waals surface area contributed by atoms with Crippen LogP contribution in [0.5, 0.6) is 11.5 Å². The van der Waals surface area contributed by atoms with E-state index >= 15 is 0 Å². The van der Waals surface area contributed by atoms with Crippen LogP contribution in [0.25, 0.3) is 0 Å². The van der Waals surface area contributed by atoms with Gasteiger partial charge in [0.15, 0.2) is 6.61 Å². The topological polar surface area (TPSA) is 80.8 Å². The molecule has 1 aromatic heterocycles. The summed E-state index contributed by atoms with van der Waals surface area (Å²) in [6.07, 6.45) is 0.137. The summed E-state index contributed by atoms with van der Waals surface area (Å²) in [5.41, 5.74) is 0.275. The van der Waals surface area contributed by atoms with Gasteiger partial charge in [0.1, 0.15) is 17.6 Å². The molecule has 2 unspecified atom stereocenters. The van der Waals surface area contributed by atoms with Crippen LogP contribution in [-0.2, 0) is 11.3 Å². The van der Waals surface area contributed by atoms with E-state index < -0.39 is 0 Å². The maximum atomic E-state index is 9.38. The Labute approximate surface area is 153 Å². The molecule has 7 heteroatoms. The number of benzene rings is 1. The summed E-state index contributed by atoms with van der Waals surface area (Å²) in [6, 6.07) is 9.44. The largest absolute Gasteiger partial charge is 0.494 e. The molecule has 1 aromatic carbocycles. The summed E-state index contributed by atoms with van der Waals surface area (Å²) in [5.74, 6) is 2.33. The number of hydrogen-bond donors (Lipinski definition) is 0. The normalized spacial score (nSPS) is 19.8. The van der Waals surface area contributed by atoms with E-state index in [1.807, 2.05) is 49.9 Å². The van der Waals surface area contributed by atoms with Crippen LogP contribution in [0.2, 0.25) is 0 Å². The fourth-order valence-electron chi connectivity index (χ4n) is 2.99. The van der Waals surface area contributed by atoms with Gasteiger partial charge in [-0.25, -0.2) is 0 Å². The number of oxazole rings is 1. The molecule has 0 N–H and O–H groups in total. The van der Waals surface area contributed by atoms with Crippen LogP contribution < -0.4 is 14.4 Å². The molecule has 1 saturated heterocycles. The maximum Gasteiger partial charge on any atom is 0.236 e. The van der Waals surface area contributed by atoms with Crippen molar-refractivity contribution in [1.82, 2.24) is 4.98 Å². The van der Waals surface area contributed by atoms with Crippen LogP contribution in [0.4, 0.5) is 5.88 Å². The van der Waals surface area contributed by atoms with Gasteiger partial charge in [-0.3, -0.25) is 0 Å². The van der Waals surface area contributed by atoms with E-state index in [4.69, 9.17) is 18.6 Å². The second-order valence-electron chi connectivity index (χ2n) is 6.23. The maximum absolute atomic E-state index is 9.38. The number of rotatable bonds is 6. The molecule has 0 radical (unpaired) electrons. The molecule has 3 rings (SSSR count). The number of aromatic nitrogens is 1. The van der Waals surface area contributed by atoms with E-state index in [0.29, 0.717) is 37.2 Å². The summed E-state index contributed by atoms with van der Waals surface area (Å²) in [4.78, 5) is 6.26. The Balaban J connectivity index is 1.67. The van der Waals surface area contributed by atoms with Crippen LogP contribution in [0.1, 0.15) is 32.4 Å². The highest BCUT2D eigenvalue weighted by molar-refractivity contribution is 5.48. The monoisotopic (exact) mass is 357 g/mol. The average molecular weight is 357 g/mol. The van der Waals surface area contributed by atoms with Crippen molar-refractivity contribution in [2.45, 2.75) is 39.6 Å². The lowest BCUT2D eigenvalue weighted by atomic mass is 10.2. The highest BCUT2D eigenvalue weighted by atomic mass is 16.5. The molecule has 26 heavy (non-hydrogen) atoms. The minimum absolute atomic E-state index is 0.0685. The molecule has 7 nitrogen and oxygen atoms in total. The van der Waals surface area contributed by atoms with Gasteiger partial charge >= 0.3 is 0 Å². The van der Waals surface area contributed by atoms with Crippen molar-refractivity contribution >= 4 is 5.88 Å². The molecule has 138 valence electrons. The van der Waals surface area contributed by atoms with Crippen molar-refractivity contribution in [3.8, 4) is 17.6 Å². The van der Waals surface area contributed by atoms with E-state index in [-0.39, 0.29) is 24.5 Å². The first-order valence-corrected chi connectivity index (χ1v) is 8.75. The van der Waals surface area contributed by atoms with Crippen molar-refractivity contribution in [3.63, 3.8) is 0 Å². The Morgan fingerprint density at radius 1 is 1.15 bits per heavy atom. The molecule has 2 aromatic rings. The number of hydrogen-bond acceptors (Lipinski definition) is 7. The molecule has 1 fully saturated rings. The Hall–Kier alpha value is -2.72. The van der Waals surface area contributed by atoms with Crippen molar-refractivity contribution in [3.05, 3.63) is 35.9 Å². The smallest absolute Gasteiger partial charge is 0.236 e. The molecule has 1 aliphatic rings. The first-order chi connectivity index (χ1) is 12.6. The summed E-state index contributed by atoms with van der Waals surface area (Å²) < 4.78 is 22.6. The van der Waals surface area contributed by atoms with Gasteiger partial charge in [0.2, 0.25) is 17.5 Å². The zero-order chi connectivity index (χ0) is 18.5. The molecule has 2 heterocycles. The second kappa shape index (κ2) is 8.11. The lowest BCUT2D eigenvalue weighted by Gasteiger charge is -2.34. The number of nitriles is 1.